The number of hydrogen-bond acceptors (Lipinski definition) is 7. The number of benzene rings is 3. The van der Waals surface area contributed by atoms with Crippen LogP contribution < -0.4 is 5.69 Å². The third-order valence-electron chi connectivity index (χ3n) is 10.1. The highest BCUT2D eigenvalue weighted by molar-refractivity contribution is 5.92. The molecule has 2 N–H and O–H groups in total. The first kappa shape index (κ1) is 33.3. The number of aromatic amines is 1. The van der Waals surface area contributed by atoms with Gasteiger partial charge in [-0.1, -0.05) is 54.6 Å². The standard InChI is InChI=1S/C39H45N3O7/c1-2-48-38-31(16-20-46-22-23-47-21-19-43)33(30-11-7-10-29-28-9-4-3-8-26(28)24-32(29)30)25-36(49-38)37(44)41-17-14-27(15-18-41)42-35-13-6-5-12-34(35)40-39(42)45/h3-13,25,27,31,33,38,43H,2,14-24H2,1H3,(H,40,45)/t31-,33+,38+/m1/s1. The number of nitrogens with one attached hydrogen (secondary N) is 1. The van der Waals surface area contributed by atoms with Gasteiger partial charge in [-0.2, -0.15) is 0 Å². The topological polar surface area (TPSA) is 115 Å². The quantitative estimate of drug-likeness (QED) is 0.167. The zero-order valence-electron chi connectivity index (χ0n) is 28.0. The number of hydrogen-bond donors (Lipinski definition) is 2. The maximum atomic E-state index is 14.2. The maximum Gasteiger partial charge on any atom is 0.326 e. The number of likely N-dealkylation sites (tertiary alicyclic amines) is 1. The monoisotopic (exact) mass is 667 g/mol. The number of imidazole rings is 1. The average Bonchev–Trinajstić information content (AvgIpc) is 3.68. The molecule has 0 bridgehead atoms. The van der Waals surface area contributed by atoms with Gasteiger partial charge in [0.2, 0.25) is 6.29 Å². The molecule has 1 saturated heterocycles. The molecule has 1 aromatic heterocycles. The predicted molar refractivity (Wildman–Crippen MR) is 186 cm³/mol. The Morgan fingerprint density at radius 3 is 2.51 bits per heavy atom. The van der Waals surface area contributed by atoms with Crippen molar-refractivity contribution in [2.24, 2.45) is 5.92 Å². The van der Waals surface area contributed by atoms with E-state index in [1.54, 1.807) is 0 Å². The third-order valence-corrected chi connectivity index (χ3v) is 10.1. The number of carbonyl (C=O) groups is 1. The largest absolute Gasteiger partial charge is 0.459 e. The highest BCUT2D eigenvalue weighted by atomic mass is 16.7. The van der Waals surface area contributed by atoms with E-state index in [2.05, 4.69) is 47.4 Å². The Morgan fingerprint density at radius 2 is 1.69 bits per heavy atom. The van der Waals surface area contributed by atoms with Crippen LogP contribution in [0.4, 0.5) is 0 Å². The number of allylic oxidation sites excluding steroid dienone is 1. The fourth-order valence-electron chi connectivity index (χ4n) is 7.81. The second-order valence-corrected chi connectivity index (χ2v) is 12.9. The molecule has 2 aliphatic heterocycles. The first-order valence-corrected chi connectivity index (χ1v) is 17.5. The highest BCUT2D eigenvalue weighted by Gasteiger charge is 2.41. The first-order chi connectivity index (χ1) is 24.1. The molecule has 258 valence electrons. The normalized spacial score (nSPS) is 20.6. The molecule has 7 rings (SSSR count). The highest BCUT2D eigenvalue weighted by Crippen LogP contribution is 2.46. The molecule has 0 radical (unpaired) electrons. The molecular weight excluding hydrogens is 622 g/mol. The molecule has 3 heterocycles. The molecule has 0 spiro atoms. The van der Waals surface area contributed by atoms with Crippen LogP contribution >= 0.6 is 0 Å². The molecule has 0 saturated carbocycles. The number of fused-ring (bicyclic) bond motifs is 4. The van der Waals surface area contributed by atoms with Gasteiger partial charge in [0.25, 0.3) is 5.91 Å². The molecule has 1 fully saturated rings. The van der Waals surface area contributed by atoms with E-state index in [9.17, 15) is 9.59 Å². The summed E-state index contributed by atoms with van der Waals surface area (Å²) in [5, 5.41) is 8.98. The van der Waals surface area contributed by atoms with E-state index in [-0.39, 0.29) is 42.7 Å². The van der Waals surface area contributed by atoms with Crippen LogP contribution in [0.2, 0.25) is 0 Å². The molecule has 1 amide bonds. The van der Waals surface area contributed by atoms with Crippen molar-refractivity contribution in [3.8, 4) is 11.1 Å². The van der Waals surface area contributed by atoms with Crippen LogP contribution in [0.5, 0.6) is 0 Å². The van der Waals surface area contributed by atoms with Gasteiger partial charge in [-0.05, 0) is 78.6 Å². The van der Waals surface area contributed by atoms with E-state index in [0.717, 1.165) is 17.5 Å². The summed E-state index contributed by atoms with van der Waals surface area (Å²) in [6.07, 6.45) is 4.23. The molecule has 10 heteroatoms. The number of H-pyrrole nitrogens is 1. The van der Waals surface area contributed by atoms with Crippen LogP contribution in [-0.4, -0.2) is 84.5 Å². The van der Waals surface area contributed by atoms with E-state index in [4.69, 9.17) is 24.1 Å². The fraction of sp³-hybridized carbons (Fsp3) is 0.436. The maximum absolute atomic E-state index is 14.2. The van der Waals surface area contributed by atoms with Crippen molar-refractivity contribution >= 4 is 16.9 Å². The lowest BCUT2D eigenvalue weighted by Gasteiger charge is -2.39. The summed E-state index contributed by atoms with van der Waals surface area (Å²) in [5.74, 6) is -0.0606. The summed E-state index contributed by atoms with van der Waals surface area (Å²) < 4.78 is 25.8. The average molecular weight is 668 g/mol. The van der Waals surface area contributed by atoms with Crippen molar-refractivity contribution in [1.82, 2.24) is 14.5 Å². The number of para-hydroxylation sites is 2. The minimum atomic E-state index is -0.629. The summed E-state index contributed by atoms with van der Waals surface area (Å²) in [5.41, 5.74) is 7.86. The van der Waals surface area contributed by atoms with Gasteiger partial charge in [0, 0.05) is 44.2 Å². The van der Waals surface area contributed by atoms with Gasteiger partial charge in [-0.3, -0.25) is 9.36 Å². The summed E-state index contributed by atoms with van der Waals surface area (Å²) >= 11 is 0. The Labute approximate surface area is 286 Å². The Hall–Kier alpha value is -4.22. The van der Waals surface area contributed by atoms with Crippen molar-refractivity contribution in [1.29, 1.82) is 0 Å². The van der Waals surface area contributed by atoms with E-state index < -0.39 is 6.29 Å². The Bertz CT molecular complexity index is 1850. The van der Waals surface area contributed by atoms with Crippen molar-refractivity contribution in [3.63, 3.8) is 0 Å². The van der Waals surface area contributed by atoms with Crippen LogP contribution in [0.3, 0.4) is 0 Å². The van der Waals surface area contributed by atoms with Gasteiger partial charge in [0.05, 0.1) is 37.5 Å². The van der Waals surface area contributed by atoms with E-state index in [1.807, 2.05) is 46.7 Å². The fourth-order valence-corrected chi connectivity index (χ4v) is 7.81. The zero-order valence-corrected chi connectivity index (χ0v) is 28.0. The molecule has 10 nitrogen and oxygen atoms in total. The van der Waals surface area contributed by atoms with Gasteiger partial charge in [-0.15, -0.1) is 0 Å². The van der Waals surface area contributed by atoms with Gasteiger partial charge in [0.15, 0.2) is 5.76 Å². The molecule has 1 aliphatic carbocycles. The number of rotatable bonds is 13. The molecule has 4 aromatic rings. The smallest absolute Gasteiger partial charge is 0.326 e. The number of nitrogens with zero attached hydrogens (tertiary/aromatic N) is 2. The third kappa shape index (κ3) is 6.83. The number of piperidine rings is 1. The number of ether oxygens (including phenoxy) is 4. The first-order valence-electron chi connectivity index (χ1n) is 17.5. The van der Waals surface area contributed by atoms with Crippen LogP contribution in [0.25, 0.3) is 22.2 Å². The lowest BCUT2D eigenvalue weighted by molar-refractivity contribution is -0.172. The summed E-state index contributed by atoms with van der Waals surface area (Å²) in [4.78, 5) is 31.9. The van der Waals surface area contributed by atoms with Crippen molar-refractivity contribution < 1.29 is 28.8 Å². The zero-order chi connectivity index (χ0) is 33.7. The van der Waals surface area contributed by atoms with Crippen molar-refractivity contribution in [2.75, 3.05) is 52.7 Å². The Kier molecular flexibility index (Phi) is 10.3. The lowest BCUT2D eigenvalue weighted by Crippen LogP contribution is -2.44. The van der Waals surface area contributed by atoms with Gasteiger partial charge in [-0.25, -0.2) is 4.79 Å². The molecule has 0 unspecified atom stereocenters. The van der Waals surface area contributed by atoms with E-state index in [1.165, 1.54) is 27.8 Å². The minimum Gasteiger partial charge on any atom is -0.459 e. The second kappa shape index (κ2) is 15.1. The molecule has 3 atom stereocenters. The van der Waals surface area contributed by atoms with Crippen LogP contribution in [0.1, 0.15) is 54.8 Å². The van der Waals surface area contributed by atoms with Crippen LogP contribution in [0.15, 0.2) is 83.4 Å². The SMILES string of the molecule is CCO[C@H]1OC(C(=O)N2CCC(n3c(=O)[nH]c4ccccc43)CC2)=C[C@@H](c2cccc3c2Cc2ccccc2-3)[C@H]1CCOCCOCCO. The molecule has 3 aliphatic rings. The van der Waals surface area contributed by atoms with E-state index in [0.29, 0.717) is 64.5 Å². The number of amides is 1. The second-order valence-electron chi connectivity index (χ2n) is 12.9. The van der Waals surface area contributed by atoms with Gasteiger partial charge >= 0.3 is 5.69 Å². The van der Waals surface area contributed by atoms with Crippen molar-refractivity contribution in [2.45, 2.75) is 50.9 Å². The molecule has 3 aromatic carbocycles. The minimum absolute atomic E-state index is 0.00448. The predicted octanol–water partition coefficient (Wildman–Crippen LogP) is 5.16. The van der Waals surface area contributed by atoms with Crippen LogP contribution in [0, 0.1) is 5.92 Å². The number of carbonyl (C=O) groups excluding carboxylic acids is 1. The molecular formula is C39H45N3O7. The number of aliphatic hydroxyl groups excluding tert-OH is 1. The van der Waals surface area contributed by atoms with Gasteiger partial charge in [0.1, 0.15) is 0 Å². The Morgan fingerprint density at radius 1 is 0.939 bits per heavy atom. The summed E-state index contributed by atoms with van der Waals surface area (Å²) in [7, 11) is 0. The Balaban J connectivity index is 1.14. The van der Waals surface area contributed by atoms with Crippen molar-refractivity contribution in [3.05, 3.63) is 106 Å². The number of aliphatic hydroxyl groups is 1. The summed E-state index contributed by atoms with van der Waals surface area (Å²) in [6.45, 7) is 5.01. The van der Waals surface area contributed by atoms with Gasteiger partial charge < -0.3 is 33.9 Å². The lowest BCUT2D eigenvalue weighted by atomic mass is 9.78. The van der Waals surface area contributed by atoms with Crippen LogP contribution in [-0.2, 0) is 30.2 Å². The number of aromatic nitrogens is 2. The molecule has 49 heavy (non-hydrogen) atoms. The van der Waals surface area contributed by atoms with E-state index >= 15 is 0 Å². The summed E-state index contributed by atoms with van der Waals surface area (Å²) in [6, 6.07) is 22.8.